The summed E-state index contributed by atoms with van der Waals surface area (Å²) in [5.74, 6) is -0.650. The Balaban J connectivity index is 1.71. The van der Waals surface area contributed by atoms with Gasteiger partial charge in [-0.05, 0) is 29.3 Å². The summed E-state index contributed by atoms with van der Waals surface area (Å²) in [4.78, 5) is 14.1. The van der Waals surface area contributed by atoms with E-state index >= 15 is 0 Å². The molecule has 3 rings (SSSR count). The van der Waals surface area contributed by atoms with Crippen LogP contribution in [-0.4, -0.2) is 43.9 Å². The molecule has 2 N–H and O–H groups in total. The van der Waals surface area contributed by atoms with Crippen LogP contribution in [0.2, 0.25) is 0 Å². The van der Waals surface area contributed by atoms with E-state index in [1.54, 1.807) is 18.2 Å². The minimum absolute atomic E-state index is 0.279. The molecule has 0 unspecified atom stereocenters. The van der Waals surface area contributed by atoms with E-state index in [-0.39, 0.29) is 18.3 Å². The van der Waals surface area contributed by atoms with Crippen molar-refractivity contribution >= 4 is 17.7 Å². The van der Waals surface area contributed by atoms with E-state index in [0.29, 0.717) is 37.6 Å². The lowest BCUT2D eigenvalue weighted by molar-refractivity contribution is -0.117. The zero-order chi connectivity index (χ0) is 19.1. The van der Waals surface area contributed by atoms with Gasteiger partial charge >= 0.3 is 0 Å². The van der Waals surface area contributed by atoms with E-state index < -0.39 is 6.04 Å². The van der Waals surface area contributed by atoms with Crippen LogP contribution in [-0.2, 0) is 9.53 Å². The van der Waals surface area contributed by atoms with Gasteiger partial charge in [-0.3, -0.25) is 4.79 Å². The van der Waals surface area contributed by atoms with Crippen molar-refractivity contribution in [1.29, 1.82) is 0 Å². The number of hydrogen-bond donors (Lipinski definition) is 2. The quantitative estimate of drug-likeness (QED) is 0.767. The first-order valence-electron chi connectivity index (χ1n) is 8.94. The van der Waals surface area contributed by atoms with E-state index in [2.05, 4.69) is 5.32 Å². The van der Waals surface area contributed by atoms with Gasteiger partial charge in [-0.15, -0.1) is 0 Å². The van der Waals surface area contributed by atoms with Gasteiger partial charge in [0.2, 0.25) is 5.91 Å². The average Bonchev–Trinajstić information content (AvgIpc) is 2.72. The minimum atomic E-state index is -0.613. The lowest BCUT2D eigenvalue weighted by Crippen LogP contribution is -2.37. The Morgan fingerprint density at radius 1 is 1.22 bits per heavy atom. The van der Waals surface area contributed by atoms with Gasteiger partial charge in [0.15, 0.2) is 0 Å². The lowest BCUT2D eigenvalue weighted by atomic mass is 10.1. The largest absolute Gasteiger partial charge is 0.394 e. The van der Waals surface area contributed by atoms with Gasteiger partial charge in [0.1, 0.15) is 5.82 Å². The number of ether oxygens (including phenoxy) is 1. The molecule has 0 radical (unpaired) electrons. The molecule has 1 heterocycles. The molecule has 1 atom stereocenters. The monoisotopic (exact) mass is 370 g/mol. The van der Waals surface area contributed by atoms with Crippen LogP contribution in [0.15, 0.2) is 54.6 Å². The number of amides is 1. The molecule has 0 aliphatic carbocycles. The van der Waals surface area contributed by atoms with Crippen LogP contribution in [0.3, 0.4) is 0 Å². The fourth-order valence-electron chi connectivity index (χ4n) is 2.98. The van der Waals surface area contributed by atoms with Crippen LogP contribution in [0.1, 0.15) is 17.2 Å². The van der Waals surface area contributed by atoms with Gasteiger partial charge in [0, 0.05) is 19.2 Å². The first-order chi connectivity index (χ1) is 13.2. The molecule has 1 aliphatic heterocycles. The molecule has 1 fully saturated rings. The number of hydrogen-bond acceptors (Lipinski definition) is 4. The number of benzene rings is 2. The summed E-state index contributed by atoms with van der Waals surface area (Å²) in [6.07, 6.45) is 3.12. The predicted octanol–water partition coefficient (Wildman–Crippen LogP) is 2.53. The number of halogens is 1. The van der Waals surface area contributed by atoms with E-state index in [1.807, 2.05) is 35.2 Å². The third-order valence-corrected chi connectivity index (χ3v) is 4.45. The standard InChI is InChI=1S/C21H23FN2O3/c22-18-8-7-17(14-20(18)24-10-12-27-13-11-24)19(15-25)23-21(26)9-6-16-4-2-1-3-5-16/h1-9,14,19,25H,10-13,15H2,(H,23,26)/b9-6+/t19-/m0/s1. The number of carbonyl (C=O) groups excluding carboxylic acids is 1. The normalized spacial score (nSPS) is 15.7. The fourth-order valence-corrected chi connectivity index (χ4v) is 2.98. The summed E-state index contributed by atoms with van der Waals surface area (Å²) in [5.41, 5.74) is 2.02. The molecule has 2 aromatic rings. The molecular weight excluding hydrogens is 347 g/mol. The molecule has 1 aliphatic rings. The van der Waals surface area contributed by atoms with Crippen molar-refractivity contribution in [3.63, 3.8) is 0 Å². The molecule has 1 saturated heterocycles. The molecule has 0 spiro atoms. The summed E-state index contributed by atoms with van der Waals surface area (Å²) in [6, 6.07) is 13.5. The summed E-state index contributed by atoms with van der Waals surface area (Å²) >= 11 is 0. The van der Waals surface area contributed by atoms with Gasteiger partial charge in [0.25, 0.3) is 0 Å². The van der Waals surface area contributed by atoms with Gasteiger partial charge in [-0.1, -0.05) is 36.4 Å². The maximum Gasteiger partial charge on any atom is 0.244 e. The van der Waals surface area contributed by atoms with Crippen molar-refractivity contribution in [2.75, 3.05) is 37.8 Å². The SMILES string of the molecule is O=C(/C=C/c1ccccc1)N[C@@H](CO)c1ccc(F)c(N2CCOCC2)c1. The molecule has 142 valence electrons. The van der Waals surface area contributed by atoms with Gasteiger partial charge in [-0.2, -0.15) is 0 Å². The van der Waals surface area contributed by atoms with Crippen molar-refractivity contribution in [3.05, 3.63) is 71.6 Å². The van der Waals surface area contributed by atoms with Crippen LogP contribution in [0.25, 0.3) is 6.08 Å². The van der Waals surface area contributed by atoms with Gasteiger partial charge in [-0.25, -0.2) is 4.39 Å². The Morgan fingerprint density at radius 3 is 2.67 bits per heavy atom. The molecule has 5 nitrogen and oxygen atoms in total. The molecule has 1 amide bonds. The second kappa shape index (κ2) is 9.30. The Morgan fingerprint density at radius 2 is 1.96 bits per heavy atom. The first-order valence-corrected chi connectivity index (χ1v) is 8.94. The summed E-state index contributed by atoms with van der Waals surface area (Å²) in [5, 5.41) is 12.5. The molecule has 0 aromatic heterocycles. The average molecular weight is 370 g/mol. The molecule has 27 heavy (non-hydrogen) atoms. The van der Waals surface area contributed by atoms with Gasteiger partial charge in [0.05, 0.1) is 31.5 Å². The van der Waals surface area contributed by atoms with E-state index in [0.717, 1.165) is 5.56 Å². The summed E-state index contributed by atoms with van der Waals surface area (Å²) in [6.45, 7) is 2.04. The highest BCUT2D eigenvalue weighted by atomic mass is 19.1. The summed E-state index contributed by atoms with van der Waals surface area (Å²) < 4.78 is 19.6. The van der Waals surface area contributed by atoms with Crippen LogP contribution < -0.4 is 10.2 Å². The molecule has 6 heteroatoms. The Kier molecular flexibility index (Phi) is 6.57. The van der Waals surface area contributed by atoms with Crippen molar-refractivity contribution < 1.29 is 19.0 Å². The van der Waals surface area contributed by atoms with E-state index in [4.69, 9.17) is 4.74 Å². The third-order valence-electron chi connectivity index (χ3n) is 4.45. The molecular formula is C21H23FN2O3. The molecule has 0 bridgehead atoms. The lowest BCUT2D eigenvalue weighted by Gasteiger charge is -2.30. The van der Waals surface area contributed by atoms with Crippen LogP contribution >= 0.6 is 0 Å². The van der Waals surface area contributed by atoms with Gasteiger partial charge < -0.3 is 20.1 Å². The number of nitrogens with zero attached hydrogens (tertiary/aromatic N) is 1. The smallest absolute Gasteiger partial charge is 0.244 e. The first kappa shape index (κ1) is 19.1. The highest BCUT2D eigenvalue weighted by Crippen LogP contribution is 2.25. The number of anilines is 1. The number of carbonyl (C=O) groups is 1. The van der Waals surface area contributed by atoms with E-state index in [9.17, 15) is 14.3 Å². The maximum absolute atomic E-state index is 14.2. The topological polar surface area (TPSA) is 61.8 Å². The number of rotatable bonds is 6. The number of nitrogens with one attached hydrogen (secondary N) is 1. The highest BCUT2D eigenvalue weighted by Gasteiger charge is 2.19. The summed E-state index contributed by atoms with van der Waals surface area (Å²) in [7, 11) is 0. The highest BCUT2D eigenvalue weighted by molar-refractivity contribution is 5.92. The van der Waals surface area contributed by atoms with Crippen LogP contribution in [0.4, 0.5) is 10.1 Å². The molecule has 0 saturated carbocycles. The molecule has 2 aromatic carbocycles. The number of morpholine rings is 1. The second-order valence-corrected chi connectivity index (χ2v) is 6.30. The Labute approximate surface area is 158 Å². The second-order valence-electron chi connectivity index (χ2n) is 6.30. The third kappa shape index (κ3) is 5.15. The van der Waals surface area contributed by atoms with Crippen molar-refractivity contribution in [2.24, 2.45) is 0 Å². The Hall–Kier alpha value is -2.70. The Bertz CT molecular complexity index is 789. The predicted molar refractivity (Wildman–Crippen MR) is 103 cm³/mol. The van der Waals surface area contributed by atoms with Crippen LogP contribution in [0.5, 0.6) is 0 Å². The zero-order valence-electron chi connectivity index (χ0n) is 15.0. The number of aliphatic hydroxyl groups excluding tert-OH is 1. The van der Waals surface area contributed by atoms with E-state index in [1.165, 1.54) is 12.1 Å². The zero-order valence-corrected chi connectivity index (χ0v) is 15.0. The maximum atomic E-state index is 14.2. The number of aliphatic hydroxyl groups is 1. The van der Waals surface area contributed by atoms with Crippen molar-refractivity contribution in [3.8, 4) is 0 Å². The fraction of sp³-hybridized carbons (Fsp3) is 0.286. The minimum Gasteiger partial charge on any atom is -0.394 e. The van der Waals surface area contributed by atoms with Crippen molar-refractivity contribution in [2.45, 2.75) is 6.04 Å². The van der Waals surface area contributed by atoms with Crippen molar-refractivity contribution in [1.82, 2.24) is 5.32 Å². The van der Waals surface area contributed by atoms with Crippen LogP contribution in [0, 0.1) is 5.82 Å².